The Hall–Kier alpha value is -2.07. The molecule has 0 fully saturated rings. The van der Waals surface area contributed by atoms with Gasteiger partial charge in [0.2, 0.25) is 21.5 Å². The van der Waals surface area contributed by atoms with Crippen molar-refractivity contribution in [1.29, 1.82) is 0 Å². The number of nitrogens with zero attached hydrogens (tertiary/aromatic N) is 1. The van der Waals surface area contributed by atoms with Crippen LogP contribution >= 0.6 is 15.9 Å². The van der Waals surface area contributed by atoms with Crippen molar-refractivity contribution >= 4 is 37.8 Å². The van der Waals surface area contributed by atoms with E-state index in [0.717, 1.165) is 6.92 Å². The highest BCUT2D eigenvalue weighted by Crippen LogP contribution is 2.46. The van der Waals surface area contributed by atoms with E-state index in [1.54, 1.807) is 12.1 Å². The molecule has 0 radical (unpaired) electrons. The first-order valence-electron chi connectivity index (χ1n) is 6.85. The Labute approximate surface area is 147 Å². The number of nitrogens with one attached hydrogen (secondary N) is 1. The number of rotatable bonds is 7. The highest BCUT2D eigenvalue weighted by molar-refractivity contribution is 9.09. The molecule has 8 nitrogen and oxygen atoms in total. The number of pyridine rings is 1. The van der Waals surface area contributed by atoms with Gasteiger partial charge in [-0.1, -0.05) is 15.9 Å². The molecule has 2 N–H and O–H groups in total. The van der Waals surface area contributed by atoms with E-state index in [0.29, 0.717) is 17.3 Å². The van der Waals surface area contributed by atoms with Gasteiger partial charge < -0.3 is 14.3 Å². The second-order valence-electron chi connectivity index (χ2n) is 4.73. The van der Waals surface area contributed by atoms with Gasteiger partial charge in [-0.3, -0.25) is 9.78 Å². The zero-order valence-corrected chi connectivity index (χ0v) is 15.1. The van der Waals surface area contributed by atoms with Crippen molar-refractivity contribution in [2.24, 2.45) is 0 Å². The van der Waals surface area contributed by atoms with Crippen LogP contribution in [0.1, 0.15) is 13.3 Å². The molecular weight excluding hydrogens is 404 g/mol. The Kier molecular flexibility index (Phi) is 5.84. The molecule has 0 aliphatic rings. The van der Waals surface area contributed by atoms with Gasteiger partial charge in [-0.25, -0.2) is 13.1 Å². The molecule has 2 aromatic heterocycles. The van der Waals surface area contributed by atoms with Gasteiger partial charge in [0.05, 0.1) is 5.75 Å². The van der Waals surface area contributed by atoms with Crippen molar-refractivity contribution in [3.8, 4) is 22.8 Å². The molecule has 2 heterocycles. The van der Waals surface area contributed by atoms with Crippen LogP contribution in [-0.2, 0) is 14.8 Å². The molecule has 24 heavy (non-hydrogen) atoms. The van der Waals surface area contributed by atoms with Crippen LogP contribution < -0.4 is 9.46 Å². The average molecular weight is 419 g/mol. The molecule has 130 valence electrons. The number of esters is 1. The normalized spacial score (nSPS) is 11.2. The molecule has 0 aliphatic heterocycles. The molecule has 2 aromatic rings. The topological polar surface area (TPSA) is 119 Å². The van der Waals surface area contributed by atoms with Gasteiger partial charge in [0.1, 0.15) is 0 Å². The zero-order valence-electron chi connectivity index (χ0n) is 12.7. The van der Waals surface area contributed by atoms with E-state index in [1.807, 2.05) is 0 Å². The van der Waals surface area contributed by atoms with Crippen molar-refractivity contribution in [3.63, 3.8) is 0 Å². The Morgan fingerprint density at radius 1 is 1.42 bits per heavy atom. The fraction of sp³-hybridized carbons (Fsp3) is 0.286. The van der Waals surface area contributed by atoms with E-state index in [-0.39, 0.29) is 23.1 Å². The standard InChI is InChI=1S/C14H15BrN2O6S/c1-9(18)22-13-11(19)12(10-3-6-16-7-4-10)23-14(13)17-24(20,21)8-2-5-15/h3-4,6-7,17,19H,2,5,8H2,1H3. The fourth-order valence-electron chi connectivity index (χ4n) is 1.85. The summed E-state index contributed by atoms with van der Waals surface area (Å²) in [6.45, 7) is 1.13. The van der Waals surface area contributed by atoms with Gasteiger partial charge in [-0.2, -0.15) is 0 Å². The first kappa shape index (κ1) is 18.3. The lowest BCUT2D eigenvalue weighted by atomic mass is 10.2. The highest BCUT2D eigenvalue weighted by Gasteiger charge is 2.27. The third kappa shape index (κ3) is 4.48. The van der Waals surface area contributed by atoms with Gasteiger partial charge in [-0.15, -0.1) is 0 Å². The highest BCUT2D eigenvalue weighted by atomic mass is 79.9. The molecule has 0 bridgehead atoms. The lowest BCUT2D eigenvalue weighted by molar-refractivity contribution is -0.131. The molecule has 0 saturated heterocycles. The number of ether oxygens (including phenoxy) is 1. The van der Waals surface area contributed by atoms with E-state index in [2.05, 4.69) is 25.6 Å². The molecule has 0 saturated carbocycles. The summed E-state index contributed by atoms with van der Waals surface area (Å²) in [5.41, 5.74) is 0.446. The lowest BCUT2D eigenvalue weighted by Crippen LogP contribution is -2.17. The van der Waals surface area contributed by atoms with E-state index in [9.17, 15) is 18.3 Å². The number of halogens is 1. The van der Waals surface area contributed by atoms with Gasteiger partial charge in [-0.05, 0) is 18.6 Å². The van der Waals surface area contributed by atoms with Crippen molar-refractivity contribution in [1.82, 2.24) is 4.98 Å². The van der Waals surface area contributed by atoms with Crippen LogP contribution in [0.4, 0.5) is 5.88 Å². The minimum atomic E-state index is -3.73. The minimum absolute atomic E-state index is 0.0353. The third-order valence-corrected chi connectivity index (χ3v) is 4.71. The lowest BCUT2D eigenvalue weighted by Gasteiger charge is -2.06. The third-order valence-electron chi connectivity index (χ3n) is 2.82. The first-order chi connectivity index (χ1) is 11.3. The summed E-state index contributed by atoms with van der Waals surface area (Å²) < 4.78 is 36.5. The monoisotopic (exact) mass is 418 g/mol. The molecule has 0 aliphatic carbocycles. The SMILES string of the molecule is CC(=O)Oc1c(NS(=O)(=O)CCCBr)oc(-c2ccncc2)c1O. The zero-order chi connectivity index (χ0) is 17.7. The number of aromatic hydroxyl groups is 1. The molecule has 0 atom stereocenters. The van der Waals surface area contributed by atoms with E-state index in [1.165, 1.54) is 12.4 Å². The Morgan fingerprint density at radius 2 is 2.08 bits per heavy atom. The minimum Gasteiger partial charge on any atom is -0.502 e. The number of sulfonamides is 1. The number of hydrogen-bond donors (Lipinski definition) is 2. The summed E-state index contributed by atoms with van der Waals surface area (Å²) in [5.74, 6) is -2.14. The number of aromatic nitrogens is 1. The second kappa shape index (κ2) is 7.67. The van der Waals surface area contributed by atoms with Gasteiger partial charge in [0, 0.05) is 30.2 Å². The molecule has 2 rings (SSSR count). The number of furan rings is 1. The first-order valence-corrected chi connectivity index (χ1v) is 9.62. The number of anilines is 1. The van der Waals surface area contributed by atoms with Crippen molar-refractivity contribution in [2.45, 2.75) is 13.3 Å². The fourth-order valence-corrected chi connectivity index (χ4v) is 3.54. The van der Waals surface area contributed by atoms with Gasteiger partial charge in [0.25, 0.3) is 5.88 Å². The van der Waals surface area contributed by atoms with Crippen LogP contribution in [-0.4, -0.2) is 35.6 Å². The summed E-state index contributed by atoms with van der Waals surface area (Å²) in [5, 5.41) is 10.8. The largest absolute Gasteiger partial charge is 0.502 e. The van der Waals surface area contributed by atoms with Crippen LogP contribution in [0.25, 0.3) is 11.3 Å². The maximum atomic E-state index is 12.0. The van der Waals surface area contributed by atoms with Crippen LogP contribution in [0.5, 0.6) is 11.5 Å². The number of carbonyl (C=O) groups excluding carboxylic acids is 1. The molecule has 0 unspecified atom stereocenters. The summed E-state index contributed by atoms with van der Waals surface area (Å²) in [4.78, 5) is 15.1. The second-order valence-corrected chi connectivity index (χ2v) is 7.37. The summed E-state index contributed by atoms with van der Waals surface area (Å²) in [6, 6.07) is 3.11. The molecule has 0 amide bonds. The van der Waals surface area contributed by atoms with Crippen molar-refractivity contribution < 1.29 is 27.5 Å². The van der Waals surface area contributed by atoms with Gasteiger partial charge in [0.15, 0.2) is 5.76 Å². The summed E-state index contributed by atoms with van der Waals surface area (Å²) in [6.07, 6.45) is 3.33. The predicted molar refractivity (Wildman–Crippen MR) is 90.7 cm³/mol. The van der Waals surface area contributed by atoms with E-state index >= 15 is 0 Å². The van der Waals surface area contributed by atoms with Crippen LogP contribution in [0, 0.1) is 0 Å². The Bertz CT molecular complexity index is 819. The van der Waals surface area contributed by atoms with Crippen LogP contribution in [0.15, 0.2) is 28.9 Å². The molecule has 0 spiro atoms. The quantitative estimate of drug-likeness (QED) is 0.523. The Morgan fingerprint density at radius 3 is 2.67 bits per heavy atom. The maximum absolute atomic E-state index is 12.0. The van der Waals surface area contributed by atoms with E-state index < -0.39 is 21.7 Å². The predicted octanol–water partition coefficient (Wildman–Crippen LogP) is 2.50. The maximum Gasteiger partial charge on any atom is 0.308 e. The number of alkyl halides is 1. The van der Waals surface area contributed by atoms with Gasteiger partial charge >= 0.3 is 5.97 Å². The summed E-state index contributed by atoms with van der Waals surface area (Å²) in [7, 11) is -3.73. The number of hydrogen-bond acceptors (Lipinski definition) is 7. The Balaban J connectivity index is 2.44. The molecule has 0 aromatic carbocycles. The number of carbonyl (C=O) groups is 1. The van der Waals surface area contributed by atoms with E-state index in [4.69, 9.17) is 9.15 Å². The summed E-state index contributed by atoms with van der Waals surface area (Å²) >= 11 is 3.15. The van der Waals surface area contributed by atoms with Crippen LogP contribution in [0.2, 0.25) is 0 Å². The molecule has 10 heteroatoms. The van der Waals surface area contributed by atoms with Crippen LogP contribution in [0.3, 0.4) is 0 Å². The molecular formula is C14H15BrN2O6S. The average Bonchev–Trinajstić information content (AvgIpc) is 2.82. The smallest absolute Gasteiger partial charge is 0.308 e. The van der Waals surface area contributed by atoms with Crippen molar-refractivity contribution in [3.05, 3.63) is 24.5 Å². The van der Waals surface area contributed by atoms with Crippen molar-refractivity contribution in [2.75, 3.05) is 15.8 Å².